The number of hydrogen-bond acceptors (Lipinski definition) is 4. The Morgan fingerprint density at radius 2 is 2.06 bits per heavy atom. The second-order valence-corrected chi connectivity index (χ2v) is 7.39. The number of fused-ring (bicyclic) bond motifs is 2. The number of carbonyl (C=O) groups excluding carboxylic acids is 2. The molecule has 2 heterocycles. The molecule has 2 aromatic carbocycles. The minimum absolute atomic E-state index is 0.131. The van der Waals surface area contributed by atoms with Crippen molar-refractivity contribution in [3.63, 3.8) is 0 Å². The Balaban J connectivity index is 1.57. The van der Waals surface area contributed by atoms with Crippen molar-refractivity contribution < 1.29 is 22.8 Å². The lowest BCUT2D eigenvalue weighted by atomic mass is 10.1. The number of aromatic nitrogens is 2. The van der Waals surface area contributed by atoms with E-state index in [1.54, 1.807) is 23.5 Å². The first-order valence-electron chi connectivity index (χ1n) is 9.57. The number of nitrogens with one attached hydrogen (secondary N) is 2. The summed E-state index contributed by atoms with van der Waals surface area (Å²) < 4.78 is 37.7. The topological polar surface area (TPSA) is 81.3 Å². The highest BCUT2D eigenvalue weighted by Gasteiger charge is 2.33. The van der Waals surface area contributed by atoms with E-state index in [4.69, 9.17) is 0 Å². The number of hydrogen-bond donors (Lipinski definition) is 2. The molecule has 3 aromatic rings. The van der Waals surface area contributed by atoms with Gasteiger partial charge in [0.05, 0.1) is 16.8 Å². The number of carbonyl (C=O) groups is 2. The Hall–Kier alpha value is -3.56. The molecule has 1 atom stereocenters. The van der Waals surface area contributed by atoms with Crippen molar-refractivity contribution >= 4 is 34.1 Å². The number of aryl methyl sites for hydroxylation is 1. The first kappa shape index (κ1) is 20.7. The number of H-pyrrole nitrogens is 1. The SMILES string of the molecule is Cc1[nH]nc2cc(N(C)c3cccc4c3C(=O)N(CC(=O)NC(F)C(F)F)C4)ccc12. The molecule has 1 aliphatic rings. The molecule has 1 unspecified atom stereocenters. The second-order valence-electron chi connectivity index (χ2n) is 7.39. The van der Waals surface area contributed by atoms with Crippen LogP contribution < -0.4 is 10.2 Å². The number of amides is 2. The van der Waals surface area contributed by atoms with E-state index >= 15 is 0 Å². The number of halogens is 3. The third-order valence-corrected chi connectivity index (χ3v) is 5.32. The van der Waals surface area contributed by atoms with E-state index in [2.05, 4.69) is 10.2 Å². The van der Waals surface area contributed by atoms with Gasteiger partial charge in [0.15, 0.2) is 0 Å². The molecule has 31 heavy (non-hydrogen) atoms. The van der Waals surface area contributed by atoms with E-state index in [1.165, 1.54) is 4.90 Å². The fourth-order valence-electron chi connectivity index (χ4n) is 3.73. The molecule has 1 aromatic heterocycles. The summed E-state index contributed by atoms with van der Waals surface area (Å²) in [6, 6.07) is 11.1. The van der Waals surface area contributed by atoms with Gasteiger partial charge in [-0.25, -0.2) is 13.2 Å². The lowest BCUT2D eigenvalue weighted by Gasteiger charge is -2.22. The first-order chi connectivity index (χ1) is 14.8. The normalized spacial score (nSPS) is 14.3. The van der Waals surface area contributed by atoms with E-state index in [-0.39, 0.29) is 6.54 Å². The highest BCUT2D eigenvalue weighted by Crippen LogP contribution is 2.35. The predicted octanol–water partition coefficient (Wildman–Crippen LogP) is 3.27. The maximum absolute atomic E-state index is 13.1. The monoisotopic (exact) mass is 431 g/mol. The lowest BCUT2D eigenvalue weighted by molar-refractivity contribution is -0.125. The minimum atomic E-state index is -3.33. The van der Waals surface area contributed by atoms with Crippen molar-refractivity contribution in [2.24, 2.45) is 0 Å². The number of nitrogens with zero attached hydrogens (tertiary/aromatic N) is 3. The van der Waals surface area contributed by atoms with Gasteiger partial charge in [0.2, 0.25) is 12.2 Å². The van der Waals surface area contributed by atoms with Crippen LogP contribution in [0.2, 0.25) is 0 Å². The summed E-state index contributed by atoms with van der Waals surface area (Å²) in [7, 11) is 1.81. The van der Waals surface area contributed by atoms with Crippen LogP contribution in [0.25, 0.3) is 10.9 Å². The van der Waals surface area contributed by atoms with Gasteiger partial charge in [-0.15, -0.1) is 0 Å². The third-order valence-electron chi connectivity index (χ3n) is 5.32. The molecule has 0 radical (unpaired) electrons. The summed E-state index contributed by atoms with van der Waals surface area (Å²) in [6.07, 6.45) is -6.10. The van der Waals surface area contributed by atoms with Gasteiger partial charge in [0.1, 0.15) is 6.54 Å². The largest absolute Gasteiger partial charge is 0.344 e. The quantitative estimate of drug-likeness (QED) is 0.587. The van der Waals surface area contributed by atoms with E-state index in [9.17, 15) is 22.8 Å². The van der Waals surface area contributed by atoms with Crippen LogP contribution >= 0.6 is 0 Å². The van der Waals surface area contributed by atoms with Gasteiger partial charge in [0, 0.05) is 30.4 Å². The van der Waals surface area contributed by atoms with E-state index in [0.29, 0.717) is 16.8 Å². The molecule has 1 aliphatic heterocycles. The molecule has 2 amide bonds. The molecule has 0 saturated heterocycles. The molecule has 0 bridgehead atoms. The van der Waals surface area contributed by atoms with Crippen LogP contribution in [0.1, 0.15) is 21.6 Å². The van der Waals surface area contributed by atoms with Crippen molar-refractivity contribution in [2.75, 3.05) is 18.5 Å². The fourth-order valence-corrected chi connectivity index (χ4v) is 3.73. The van der Waals surface area contributed by atoms with E-state index in [1.807, 2.05) is 37.1 Å². The Bertz CT molecular complexity index is 1160. The molecule has 0 fully saturated rings. The summed E-state index contributed by atoms with van der Waals surface area (Å²) >= 11 is 0. The number of rotatable bonds is 6. The van der Waals surface area contributed by atoms with E-state index < -0.39 is 31.1 Å². The summed E-state index contributed by atoms with van der Waals surface area (Å²) in [4.78, 5) is 27.9. The van der Waals surface area contributed by atoms with Gasteiger partial charge in [-0.2, -0.15) is 5.10 Å². The number of benzene rings is 2. The molecular formula is C21H20F3N5O2. The summed E-state index contributed by atoms with van der Waals surface area (Å²) in [5, 5.41) is 9.77. The summed E-state index contributed by atoms with van der Waals surface area (Å²) in [5.41, 5.74) is 4.31. The molecule has 7 nitrogen and oxygen atoms in total. The molecule has 4 rings (SSSR count). The third kappa shape index (κ3) is 3.80. The molecule has 0 aliphatic carbocycles. The fraction of sp³-hybridized carbons (Fsp3) is 0.286. The van der Waals surface area contributed by atoms with Crippen molar-refractivity contribution in [2.45, 2.75) is 26.2 Å². The zero-order valence-corrected chi connectivity index (χ0v) is 16.8. The predicted molar refractivity (Wildman–Crippen MR) is 109 cm³/mol. The average molecular weight is 431 g/mol. The number of aromatic amines is 1. The van der Waals surface area contributed by atoms with Gasteiger partial charge in [0.25, 0.3) is 12.3 Å². The van der Waals surface area contributed by atoms with Gasteiger partial charge in [-0.1, -0.05) is 12.1 Å². The van der Waals surface area contributed by atoms with Crippen LogP contribution in [-0.2, 0) is 11.3 Å². The zero-order valence-electron chi connectivity index (χ0n) is 16.8. The van der Waals surface area contributed by atoms with Crippen LogP contribution in [0.5, 0.6) is 0 Å². The van der Waals surface area contributed by atoms with Crippen LogP contribution in [0.15, 0.2) is 36.4 Å². The minimum Gasteiger partial charge on any atom is -0.344 e. The molecule has 0 spiro atoms. The van der Waals surface area contributed by atoms with Crippen molar-refractivity contribution in [1.29, 1.82) is 0 Å². The van der Waals surface area contributed by atoms with Crippen molar-refractivity contribution in [3.05, 3.63) is 53.2 Å². The van der Waals surface area contributed by atoms with Crippen molar-refractivity contribution in [3.8, 4) is 0 Å². The second kappa shape index (κ2) is 7.93. The summed E-state index contributed by atoms with van der Waals surface area (Å²) in [6.45, 7) is 1.55. The van der Waals surface area contributed by atoms with Gasteiger partial charge < -0.3 is 15.1 Å². The van der Waals surface area contributed by atoms with Gasteiger partial charge in [-0.05, 0) is 36.8 Å². The Morgan fingerprint density at radius 1 is 1.29 bits per heavy atom. The zero-order chi connectivity index (χ0) is 22.3. The van der Waals surface area contributed by atoms with Crippen LogP contribution in [0.3, 0.4) is 0 Å². The van der Waals surface area contributed by atoms with Gasteiger partial charge in [-0.3, -0.25) is 14.7 Å². The molecule has 10 heteroatoms. The first-order valence-corrected chi connectivity index (χ1v) is 9.57. The Morgan fingerprint density at radius 3 is 2.81 bits per heavy atom. The standard InChI is InChI=1S/C21H20F3N5O2/c1-11-14-7-6-13(8-15(14)27-26-11)28(2)16-5-3-4-12-9-29(21(31)18(12)16)10-17(30)25-20(24)19(22)23/h3-8,19-20H,9-10H2,1-2H3,(H,25,30)(H,26,27). The summed E-state index contributed by atoms with van der Waals surface area (Å²) in [5.74, 6) is -1.40. The smallest absolute Gasteiger partial charge is 0.287 e. The number of anilines is 2. The molecule has 0 saturated carbocycles. The highest BCUT2D eigenvalue weighted by atomic mass is 19.3. The maximum atomic E-state index is 13.1. The van der Waals surface area contributed by atoms with E-state index in [0.717, 1.165) is 22.3 Å². The molecular weight excluding hydrogens is 411 g/mol. The Kier molecular flexibility index (Phi) is 5.30. The highest BCUT2D eigenvalue weighted by molar-refractivity contribution is 6.05. The van der Waals surface area contributed by atoms with Crippen LogP contribution in [0.4, 0.5) is 24.5 Å². The number of alkyl halides is 3. The van der Waals surface area contributed by atoms with Gasteiger partial charge >= 0.3 is 0 Å². The Labute approximate surface area is 175 Å². The lowest BCUT2D eigenvalue weighted by Crippen LogP contribution is -2.43. The van der Waals surface area contributed by atoms with Crippen LogP contribution in [0, 0.1) is 6.92 Å². The average Bonchev–Trinajstić information content (AvgIpc) is 3.26. The van der Waals surface area contributed by atoms with Crippen LogP contribution in [-0.4, -0.2) is 53.2 Å². The maximum Gasteiger partial charge on any atom is 0.287 e. The van der Waals surface area contributed by atoms with Crippen molar-refractivity contribution in [1.82, 2.24) is 20.4 Å². The molecule has 2 N–H and O–H groups in total. The molecule has 162 valence electrons.